The van der Waals surface area contributed by atoms with Crippen LogP contribution in [0.3, 0.4) is 0 Å². The van der Waals surface area contributed by atoms with Crippen LogP contribution in [-0.2, 0) is 12.6 Å². The number of hydrogen-bond acceptors (Lipinski definition) is 6. The van der Waals surface area contributed by atoms with Gasteiger partial charge in [-0.15, -0.1) is 0 Å². The van der Waals surface area contributed by atoms with Crippen molar-refractivity contribution in [2.24, 2.45) is 16.8 Å². The number of nitriles is 1. The molecule has 1 fully saturated rings. The van der Waals surface area contributed by atoms with Gasteiger partial charge in [-0.05, 0) is 31.4 Å². The number of aromatic nitrogens is 1. The molecule has 148 valence electrons. The summed E-state index contributed by atoms with van der Waals surface area (Å²) in [7, 11) is 0. The third-order valence-electron chi connectivity index (χ3n) is 5.79. The SMILES string of the molecule is Cc1ccc[n+]([C@H]2[C@H](c3ccc([N+](=O)[O-])cc3)[C@H](C#N)C([S-])=N[C@]2(O)C2CC2)c1. The number of aliphatic hydroxyl groups is 1. The van der Waals surface area contributed by atoms with E-state index in [1.807, 2.05) is 36.0 Å². The van der Waals surface area contributed by atoms with Crippen molar-refractivity contribution in [2.45, 2.75) is 37.5 Å². The molecule has 0 unspecified atom stereocenters. The zero-order valence-electron chi connectivity index (χ0n) is 15.8. The number of aryl methyl sites for hydroxylation is 1. The molecule has 1 aliphatic carbocycles. The number of nitro groups is 1. The Morgan fingerprint density at radius 3 is 2.59 bits per heavy atom. The minimum absolute atomic E-state index is 0.0254. The lowest BCUT2D eigenvalue weighted by atomic mass is 9.73. The molecule has 1 N–H and O–H groups in total. The monoisotopic (exact) mass is 408 g/mol. The topological polar surface area (TPSA) is 103 Å². The van der Waals surface area contributed by atoms with Gasteiger partial charge in [-0.2, -0.15) is 9.83 Å². The van der Waals surface area contributed by atoms with E-state index in [1.54, 1.807) is 12.1 Å². The van der Waals surface area contributed by atoms with E-state index >= 15 is 0 Å². The Morgan fingerprint density at radius 2 is 2.03 bits per heavy atom. The van der Waals surface area contributed by atoms with Crippen molar-refractivity contribution in [1.29, 1.82) is 5.26 Å². The van der Waals surface area contributed by atoms with Gasteiger partial charge in [0.15, 0.2) is 12.4 Å². The molecule has 2 heterocycles. The van der Waals surface area contributed by atoms with Crippen LogP contribution in [0.5, 0.6) is 0 Å². The molecule has 1 aliphatic heterocycles. The predicted octanol–water partition coefficient (Wildman–Crippen LogP) is 2.71. The minimum atomic E-state index is -1.42. The summed E-state index contributed by atoms with van der Waals surface area (Å²) < 4.78 is 1.91. The molecule has 4 atom stereocenters. The molecule has 1 saturated carbocycles. The number of hydrogen-bond donors (Lipinski definition) is 1. The highest BCUT2D eigenvalue weighted by molar-refractivity contribution is 7.77. The summed E-state index contributed by atoms with van der Waals surface area (Å²) in [5.41, 5.74) is 0.282. The van der Waals surface area contributed by atoms with E-state index < -0.39 is 28.5 Å². The maximum Gasteiger partial charge on any atom is 0.269 e. The fourth-order valence-corrected chi connectivity index (χ4v) is 4.62. The first-order valence-corrected chi connectivity index (χ1v) is 9.86. The number of aliphatic imine (C=N–C) groups is 1. The predicted molar refractivity (Wildman–Crippen MR) is 108 cm³/mol. The average Bonchev–Trinajstić information content (AvgIpc) is 3.53. The molecule has 0 radical (unpaired) electrons. The first-order valence-electron chi connectivity index (χ1n) is 9.45. The quantitative estimate of drug-likeness (QED) is 0.363. The van der Waals surface area contributed by atoms with Crippen LogP contribution in [0.1, 0.15) is 35.9 Å². The van der Waals surface area contributed by atoms with E-state index in [4.69, 9.17) is 12.6 Å². The largest absolute Gasteiger partial charge is 0.764 e. The molecule has 0 spiro atoms. The third-order valence-corrected chi connectivity index (χ3v) is 6.13. The number of pyridine rings is 1. The van der Waals surface area contributed by atoms with Gasteiger partial charge in [-0.25, -0.2) is 0 Å². The number of nitrogens with zero attached hydrogens (tertiary/aromatic N) is 4. The van der Waals surface area contributed by atoms with Gasteiger partial charge in [0.1, 0.15) is 0 Å². The van der Waals surface area contributed by atoms with Crippen LogP contribution in [0.4, 0.5) is 5.69 Å². The first-order chi connectivity index (χ1) is 13.8. The molecule has 2 aliphatic rings. The second-order valence-corrected chi connectivity index (χ2v) is 8.18. The van der Waals surface area contributed by atoms with Crippen LogP contribution in [0.25, 0.3) is 0 Å². The van der Waals surface area contributed by atoms with Crippen molar-refractivity contribution >= 4 is 23.4 Å². The van der Waals surface area contributed by atoms with Crippen molar-refractivity contribution in [2.75, 3.05) is 0 Å². The molecular formula is C21H20N4O3S. The Hall–Kier alpha value is -2.89. The molecule has 2 aromatic rings. The third kappa shape index (κ3) is 3.37. The Kier molecular flexibility index (Phi) is 4.81. The highest BCUT2D eigenvalue weighted by atomic mass is 32.1. The maximum atomic E-state index is 11.7. The number of benzene rings is 1. The van der Waals surface area contributed by atoms with Gasteiger partial charge >= 0.3 is 0 Å². The zero-order valence-corrected chi connectivity index (χ0v) is 16.6. The summed E-state index contributed by atoms with van der Waals surface area (Å²) >= 11 is 5.43. The van der Waals surface area contributed by atoms with Crippen molar-refractivity contribution in [3.63, 3.8) is 0 Å². The fourth-order valence-electron chi connectivity index (χ4n) is 4.28. The van der Waals surface area contributed by atoms with Crippen LogP contribution in [-0.4, -0.2) is 20.8 Å². The summed E-state index contributed by atoms with van der Waals surface area (Å²) in [5, 5.41) is 32.8. The standard InChI is InChI=1S/C21H20N4O3S/c1-13-3-2-10-24(12-13)19-18(14-4-8-16(9-5-14)25(27)28)17(11-22)20(29)23-21(19,26)15-6-7-15/h2-5,8-10,12,15,17-19,26H,6-7H2,1H3/t17-,18+,19-,21-/m0/s1. The second kappa shape index (κ2) is 7.17. The molecule has 0 saturated heterocycles. The normalized spacial score (nSPS) is 29.0. The van der Waals surface area contributed by atoms with Crippen LogP contribution in [0, 0.1) is 40.2 Å². The smallest absolute Gasteiger partial charge is 0.269 e. The van der Waals surface area contributed by atoms with Gasteiger partial charge in [0.05, 0.1) is 22.8 Å². The zero-order chi connectivity index (χ0) is 20.8. The number of nitro benzene ring substituents is 1. The lowest BCUT2D eigenvalue weighted by molar-refractivity contribution is -0.743. The van der Waals surface area contributed by atoms with Crippen LogP contribution in [0.15, 0.2) is 53.8 Å². The molecule has 7 nitrogen and oxygen atoms in total. The average molecular weight is 408 g/mol. The molecule has 1 aromatic carbocycles. The fraction of sp³-hybridized carbons (Fsp3) is 0.381. The lowest BCUT2D eigenvalue weighted by Crippen LogP contribution is -2.60. The molecule has 0 amide bonds. The number of rotatable bonds is 4. The van der Waals surface area contributed by atoms with Crippen LogP contribution >= 0.6 is 0 Å². The van der Waals surface area contributed by atoms with Crippen molar-refractivity contribution in [3.05, 3.63) is 70.0 Å². The van der Waals surface area contributed by atoms with E-state index in [0.717, 1.165) is 24.0 Å². The molecule has 8 heteroatoms. The summed E-state index contributed by atoms with van der Waals surface area (Å²) in [6.45, 7) is 1.96. The Bertz CT molecular complexity index is 1030. The van der Waals surface area contributed by atoms with Crippen LogP contribution in [0.2, 0.25) is 0 Å². The van der Waals surface area contributed by atoms with Gasteiger partial charge in [-0.1, -0.05) is 17.2 Å². The van der Waals surface area contributed by atoms with Crippen molar-refractivity contribution in [1.82, 2.24) is 0 Å². The highest BCUT2D eigenvalue weighted by Gasteiger charge is 2.60. The number of non-ortho nitro benzene ring substituents is 1. The summed E-state index contributed by atoms with van der Waals surface area (Å²) in [4.78, 5) is 15.1. The minimum Gasteiger partial charge on any atom is -0.764 e. The Balaban J connectivity index is 1.91. The Labute approximate surface area is 173 Å². The molecule has 29 heavy (non-hydrogen) atoms. The molecule has 1 aromatic heterocycles. The van der Waals surface area contributed by atoms with Gasteiger partial charge < -0.3 is 17.7 Å². The molecular weight excluding hydrogens is 388 g/mol. The van der Waals surface area contributed by atoms with E-state index in [-0.39, 0.29) is 16.6 Å². The summed E-state index contributed by atoms with van der Waals surface area (Å²) in [6.07, 6.45) is 5.47. The van der Waals surface area contributed by atoms with E-state index in [0.29, 0.717) is 0 Å². The van der Waals surface area contributed by atoms with Crippen LogP contribution < -0.4 is 4.57 Å². The van der Waals surface area contributed by atoms with Gasteiger partial charge in [-0.3, -0.25) is 15.1 Å². The maximum absolute atomic E-state index is 11.7. The van der Waals surface area contributed by atoms with E-state index in [1.165, 1.54) is 12.1 Å². The lowest BCUT2D eigenvalue weighted by Gasteiger charge is -2.43. The van der Waals surface area contributed by atoms with Crippen molar-refractivity contribution < 1.29 is 14.6 Å². The summed E-state index contributed by atoms with van der Waals surface area (Å²) in [6, 6.07) is 11.7. The molecule has 0 bridgehead atoms. The van der Waals surface area contributed by atoms with E-state index in [9.17, 15) is 20.5 Å². The van der Waals surface area contributed by atoms with Gasteiger partial charge in [0.2, 0.25) is 11.8 Å². The Morgan fingerprint density at radius 1 is 1.34 bits per heavy atom. The van der Waals surface area contributed by atoms with Crippen molar-refractivity contribution in [3.8, 4) is 6.07 Å². The van der Waals surface area contributed by atoms with Gasteiger partial charge in [0, 0.05) is 29.7 Å². The second-order valence-electron chi connectivity index (χ2n) is 7.76. The summed E-state index contributed by atoms with van der Waals surface area (Å²) in [5.74, 6) is -1.23. The highest BCUT2D eigenvalue weighted by Crippen LogP contribution is 2.53. The molecule has 4 rings (SSSR count). The van der Waals surface area contributed by atoms with Gasteiger partial charge in [0.25, 0.3) is 5.69 Å². The first kappa shape index (κ1) is 19.4. The van der Waals surface area contributed by atoms with E-state index in [2.05, 4.69) is 11.1 Å².